The van der Waals surface area contributed by atoms with Crippen LogP contribution in [-0.4, -0.2) is 6.54 Å². The summed E-state index contributed by atoms with van der Waals surface area (Å²) in [7, 11) is 0. The van der Waals surface area contributed by atoms with Crippen LogP contribution in [-0.2, 0) is 5.41 Å². The Morgan fingerprint density at radius 1 is 1.40 bits per heavy atom. The van der Waals surface area contributed by atoms with Crippen LogP contribution in [0.4, 0.5) is 5.69 Å². The van der Waals surface area contributed by atoms with E-state index in [0.29, 0.717) is 0 Å². The van der Waals surface area contributed by atoms with Gasteiger partial charge in [-0.1, -0.05) is 13.8 Å². The van der Waals surface area contributed by atoms with Crippen molar-refractivity contribution in [2.45, 2.75) is 32.1 Å². The fraction of sp³-hybridized carbons (Fsp3) is 0.462. The minimum Gasteiger partial charge on any atom is -0.384 e. The molecule has 1 aliphatic heterocycles. The average Bonchev–Trinajstić information content (AvgIpc) is 2.67. The SMILES string of the molecule is CCC1(CC)CNc2ccc(C#N)cc21. The number of nitriles is 1. The maximum absolute atomic E-state index is 8.91. The van der Waals surface area contributed by atoms with E-state index in [2.05, 4.69) is 25.2 Å². The highest BCUT2D eigenvalue weighted by molar-refractivity contribution is 5.62. The van der Waals surface area contributed by atoms with Crippen molar-refractivity contribution in [3.05, 3.63) is 29.3 Å². The van der Waals surface area contributed by atoms with Gasteiger partial charge < -0.3 is 5.32 Å². The summed E-state index contributed by atoms with van der Waals surface area (Å²) in [5, 5.41) is 12.3. The predicted molar refractivity (Wildman–Crippen MR) is 61.9 cm³/mol. The Bertz CT molecular complexity index is 411. The molecule has 15 heavy (non-hydrogen) atoms. The highest BCUT2D eigenvalue weighted by Gasteiger charge is 2.35. The number of rotatable bonds is 2. The summed E-state index contributed by atoms with van der Waals surface area (Å²) < 4.78 is 0. The van der Waals surface area contributed by atoms with Crippen molar-refractivity contribution in [2.24, 2.45) is 0 Å². The third-order valence-electron chi connectivity index (χ3n) is 3.69. The van der Waals surface area contributed by atoms with Gasteiger partial charge >= 0.3 is 0 Å². The zero-order valence-corrected chi connectivity index (χ0v) is 9.30. The first-order chi connectivity index (χ1) is 7.25. The van der Waals surface area contributed by atoms with Crippen LogP contribution < -0.4 is 5.32 Å². The van der Waals surface area contributed by atoms with E-state index in [1.165, 1.54) is 11.3 Å². The van der Waals surface area contributed by atoms with Crippen molar-refractivity contribution in [3.63, 3.8) is 0 Å². The van der Waals surface area contributed by atoms with Crippen molar-refractivity contribution in [2.75, 3.05) is 11.9 Å². The Balaban J connectivity index is 2.53. The van der Waals surface area contributed by atoms with Gasteiger partial charge in [0, 0.05) is 17.6 Å². The second kappa shape index (κ2) is 3.58. The molecule has 0 radical (unpaired) electrons. The lowest BCUT2D eigenvalue weighted by Crippen LogP contribution is -2.26. The van der Waals surface area contributed by atoms with Gasteiger partial charge in [-0.25, -0.2) is 0 Å². The first-order valence-corrected chi connectivity index (χ1v) is 5.54. The molecule has 1 heterocycles. The second-order valence-corrected chi connectivity index (χ2v) is 4.21. The highest BCUT2D eigenvalue weighted by atomic mass is 14.9. The molecule has 0 amide bonds. The fourth-order valence-electron chi connectivity index (χ4n) is 2.45. The summed E-state index contributed by atoms with van der Waals surface area (Å²) >= 11 is 0. The predicted octanol–water partition coefficient (Wildman–Crippen LogP) is 3.04. The molecule has 0 saturated carbocycles. The molecule has 0 fully saturated rings. The van der Waals surface area contributed by atoms with Gasteiger partial charge in [0.2, 0.25) is 0 Å². The average molecular weight is 200 g/mol. The number of hydrogen-bond donors (Lipinski definition) is 1. The number of benzene rings is 1. The van der Waals surface area contributed by atoms with E-state index < -0.39 is 0 Å². The maximum Gasteiger partial charge on any atom is 0.0991 e. The minimum atomic E-state index is 0.238. The van der Waals surface area contributed by atoms with E-state index in [0.717, 1.165) is 24.9 Å². The molecule has 0 saturated heterocycles. The summed E-state index contributed by atoms with van der Waals surface area (Å²) in [5.74, 6) is 0. The van der Waals surface area contributed by atoms with Crippen LogP contribution in [0.25, 0.3) is 0 Å². The van der Waals surface area contributed by atoms with Crippen molar-refractivity contribution in [3.8, 4) is 6.07 Å². The summed E-state index contributed by atoms with van der Waals surface area (Å²) in [6.07, 6.45) is 2.25. The Hall–Kier alpha value is -1.49. The van der Waals surface area contributed by atoms with Gasteiger partial charge in [0.15, 0.2) is 0 Å². The van der Waals surface area contributed by atoms with E-state index in [1.54, 1.807) is 0 Å². The van der Waals surface area contributed by atoms with Crippen molar-refractivity contribution < 1.29 is 0 Å². The molecule has 0 aliphatic carbocycles. The molecular weight excluding hydrogens is 184 g/mol. The summed E-state index contributed by atoms with van der Waals surface area (Å²) in [6.45, 7) is 5.45. The van der Waals surface area contributed by atoms with E-state index >= 15 is 0 Å². The van der Waals surface area contributed by atoms with Gasteiger partial charge in [0.25, 0.3) is 0 Å². The molecule has 0 spiro atoms. The third-order valence-corrected chi connectivity index (χ3v) is 3.69. The molecule has 1 N–H and O–H groups in total. The van der Waals surface area contributed by atoms with Crippen molar-refractivity contribution >= 4 is 5.69 Å². The van der Waals surface area contributed by atoms with Crippen LogP contribution in [0.2, 0.25) is 0 Å². The van der Waals surface area contributed by atoms with E-state index in [1.807, 2.05) is 18.2 Å². The maximum atomic E-state index is 8.91. The molecule has 1 aromatic carbocycles. The number of nitrogens with one attached hydrogen (secondary N) is 1. The summed E-state index contributed by atoms with van der Waals surface area (Å²) in [5.41, 5.74) is 3.54. The number of fused-ring (bicyclic) bond motifs is 1. The largest absolute Gasteiger partial charge is 0.384 e. The van der Waals surface area contributed by atoms with Crippen LogP contribution in [0, 0.1) is 11.3 Å². The Morgan fingerprint density at radius 2 is 2.13 bits per heavy atom. The zero-order valence-electron chi connectivity index (χ0n) is 9.30. The summed E-state index contributed by atoms with van der Waals surface area (Å²) in [4.78, 5) is 0. The molecule has 2 rings (SSSR count). The molecule has 0 bridgehead atoms. The molecule has 2 heteroatoms. The smallest absolute Gasteiger partial charge is 0.0991 e. The van der Waals surface area contributed by atoms with Crippen molar-refractivity contribution in [1.29, 1.82) is 5.26 Å². The van der Waals surface area contributed by atoms with Gasteiger partial charge in [-0.15, -0.1) is 0 Å². The monoisotopic (exact) mass is 200 g/mol. The topological polar surface area (TPSA) is 35.8 Å². The van der Waals surface area contributed by atoms with E-state index in [9.17, 15) is 0 Å². The normalized spacial score (nSPS) is 16.6. The first-order valence-electron chi connectivity index (χ1n) is 5.54. The highest BCUT2D eigenvalue weighted by Crippen LogP contribution is 2.41. The Kier molecular flexibility index (Phi) is 2.40. The molecule has 2 nitrogen and oxygen atoms in total. The van der Waals surface area contributed by atoms with Gasteiger partial charge in [-0.3, -0.25) is 0 Å². The lowest BCUT2D eigenvalue weighted by atomic mass is 9.77. The van der Waals surface area contributed by atoms with E-state index in [4.69, 9.17) is 5.26 Å². The molecule has 1 aliphatic rings. The second-order valence-electron chi connectivity index (χ2n) is 4.21. The molecule has 78 valence electrons. The number of hydrogen-bond acceptors (Lipinski definition) is 2. The van der Waals surface area contributed by atoms with Crippen molar-refractivity contribution in [1.82, 2.24) is 0 Å². The molecule has 0 atom stereocenters. The minimum absolute atomic E-state index is 0.238. The fourth-order valence-corrected chi connectivity index (χ4v) is 2.45. The first kappa shape index (κ1) is 10.0. The molecule has 0 aromatic heterocycles. The van der Waals surface area contributed by atoms with Crippen LogP contribution in [0.3, 0.4) is 0 Å². The van der Waals surface area contributed by atoms with Gasteiger partial charge in [0.05, 0.1) is 11.6 Å². The van der Waals surface area contributed by atoms with Crippen LogP contribution in [0.15, 0.2) is 18.2 Å². The summed E-state index contributed by atoms with van der Waals surface area (Å²) in [6, 6.07) is 8.17. The zero-order chi connectivity index (χ0) is 10.9. The van der Waals surface area contributed by atoms with Gasteiger partial charge in [-0.05, 0) is 36.6 Å². The number of anilines is 1. The van der Waals surface area contributed by atoms with Crippen LogP contribution in [0.1, 0.15) is 37.8 Å². The molecule has 1 aromatic rings. The quantitative estimate of drug-likeness (QED) is 0.796. The van der Waals surface area contributed by atoms with Gasteiger partial charge in [0.1, 0.15) is 0 Å². The third kappa shape index (κ3) is 1.39. The molecule has 0 unspecified atom stereocenters. The van der Waals surface area contributed by atoms with Gasteiger partial charge in [-0.2, -0.15) is 5.26 Å². The standard InChI is InChI=1S/C13H16N2/c1-3-13(4-2)9-15-12-6-5-10(8-14)7-11(12)13/h5-7,15H,3-4,9H2,1-2H3. The number of nitrogens with zero attached hydrogens (tertiary/aromatic N) is 1. The lowest BCUT2D eigenvalue weighted by molar-refractivity contribution is 0.437. The Morgan fingerprint density at radius 3 is 2.73 bits per heavy atom. The van der Waals surface area contributed by atoms with Crippen LogP contribution in [0.5, 0.6) is 0 Å². The Labute approximate surface area is 90.9 Å². The van der Waals surface area contributed by atoms with E-state index in [-0.39, 0.29) is 5.41 Å². The van der Waals surface area contributed by atoms with Crippen LogP contribution >= 0.6 is 0 Å². The molecular formula is C13H16N2. The lowest BCUT2D eigenvalue weighted by Gasteiger charge is -2.26.